The first kappa shape index (κ1) is 14.5. The van der Waals surface area contributed by atoms with Crippen molar-refractivity contribution < 1.29 is 8.78 Å². The molecule has 0 bridgehead atoms. The lowest BCUT2D eigenvalue weighted by molar-refractivity contribution is 0.626. The summed E-state index contributed by atoms with van der Waals surface area (Å²) in [7, 11) is 0. The fourth-order valence-electron chi connectivity index (χ4n) is 2.49. The molecule has 0 heterocycles. The fourth-order valence-corrected chi connectivity index (χ4v) is 2.49. The van der Waals surface area contributed by atoms with Gasteiger partial charge in [-0.2, -0.15) is 0 Å². The molecule has 0 saturated carbocycles. The standard InChI is InChI=1S/C20H16F2/c1-2-14-3-5-15(6-4-14)17-9-12-19(20(22)13-17)16-7-10-18(21)11-8-16/h3-13H,2H2,1H3. The summed E-state index contributed by atoms with van der Waals surface area (Å²) in [4.78, 5) is 0. The van der Waals surface area contributed by atoms with Crippen LogP contribution in [-0.4, -0.2) is 0 Å². The van der Waals surface area contributed by atoms with Gasteiger partial charge in [0.1, 0.15) is 11.6 Å². The van der Waals surface area contributed by atoms with E-state index in [1.807, 2.05) is 18.2 Å². The zero-order valence-corrected chi connectivity index (χ0v) is 12.3. The Balaban J connectivity index is 1.96. The average molecular weight is 294 g/mol. The maximum Gasteiger partial charge on any atom is 0.131 e. The molecule has 110 valence electrons. The van der Waals surface area contributed by atoms with Crippen LogP contribution in [0.2, 0.25) is 0 Å². The van der Waals surface area contributed by atoms with Gasteiger partial charge >= 0.3 is 0 Å². The Labute approximate surface area is 129 Å². The Morgan fingerprint density at radius 3 is 1.86 bits per heavy atom. The third-order valence-electron chi connectivity index (χ3n) is 3.82. The Morgan fingerprint density at radius 2 is 1.27 bits per heavy atom. The molecule has 0 saturated heterocycles. The van der Waals surface area contributed by atoms with Gasteiger partial charge in [-0.25, -0.2) is 8.78 Å². The first-order valence-electron chi connectivity index (χ1n) is 7.32. The van der Waals surface area contributed by atoms with Crippen LogP contribution in [-0.2, 0) is 6.42 Å². The normalized spacial score (nSPS) is 10.7. The van der Waals surface area contributed by atoms with Crippen molar-refractivity contribution >= 4 is 0 Å². The molecule has 0 unspecified atom stereocenters. The summed E-state index contributed by atoms with van der Waals surface area (Å²) < 4.78 is 27.3. The lowest BCUT2D eigenvalue weighted by Crippen LogP contribution is -1.87. The van der Waals surface area contributed by atoms with Crippen LogP contribution < -0.4 is 0 Å². The van der Waals surface area contributed by atoms with Gasteiger partial charge in [-0.1, -0.05) is 55.5 Å². The van der Waals surface area contributed by atoms with Crippen molar-refractivity contribution in [2.45, 2.75) is 13.3 Å². The van der Waals surface area contributed by atoms with Crippen molar-refractivity contribution in [2.75, 3.05) is 0 Å². The van der Waals surface area contributed by atoms with E-state index in [9.17, 15) is 8.78 Å². The number of benzene rings is 3. The molecule has 0 spiro atoms. The summed E-state index contributed by atoms with van der Waals surface area (Å²) in [5, 5.41) is 0. The van der Waals surface area contributed by atoms with E-state index in [-0.39, 0.29) is 11.6 Å². The maximum absolute atomic E-state index is 14.4. The van der Waals surface area contributed by atoms with Gasteiger partial charge in [0.2, 0.25) is 0 Å². The minimum Gasteiger partial charge on any atom is -0.207 e. The zero-order chi connectivity index (χ0) is 15.5. The molecule has 0 aromatic heterocycles. The fraction of sp³-hybridized carbons (Fsp3) is 0.100. The molecule has 0 N–H and O–H groups in total. The quantitative estimate of drug-likeness (QED) is 0.567. The molecule has 0 atom stereocenters. The summed E-state index contributed by atoms with van der Waals surface area (Å²) in [5.41, 5.74) is 4.24. The van der Waals surface area contributed by atoms with Crippen LogP contribution in [0.4, 0.5) is 8.78 Å². The average Bonchev–Trinajstić information content (AvgIpc) is 2.56. The topological polar surface area (TPSA) is 0 Å². The Morgan fingerprint density at radius 1 is 0.682 bits per heavy atom. The van der Waals surface area contributed by atoms with E-state index in [1.165, 1.54) is 23.8 Å². The lowest BCUT2D eigenvalue weighted by atomic mass is 9.98. The van der Waals surface area contributed by atoms with Crippen LogP contribution in [0.5, 0.6) is 0 Å². The molecule has 3 aromatic carbocycles. The van der Waals surface area contributed by atoms with E-state index in [4.69, 9.17) is 0 Å². The molecule has 0 radical (unpaired) electrons. The van der Waals surface area contributed by atoms with Gasteiger partial charge in [0.05, 0.1) is 0 Å². The Hall–Kier alpha value is -2.48. The van der Waals surface area contributed by atoms with Crippen molar-refractivity contribution in [3.63, 3.8) is 0 Å². The third kappa shape index (κ3) is 2.91. The van der Waals surface area contributed by atoms with E-state index < -0.39 is 0 Å². The van der Waals surface area contributed by atoms with Gasteiger partial charge in [0, 0.05) is 5.56 Å². The zero-order valence-electron chi connectivity index (χ0n) is 12.3. The molecule has 0 aliphatic rings. The number of aryl methyl sites for hydroxylation is 1. The smallest absolute Gasteiger partial charge is 0.131 e. The van der Waals surface area contributed by atoms with E-state index in [1.54, 1.807) is 18.2 Å². The van der Waals surface area contributed by atoms with Gasteiger partial charge in [-0.3, -0.25) is 0 Å². The van der Waals surface area contributed by atoms with Gasteiger partial charge < -0.3 is 0 Å². The first-order valence-corrected chi connectivity index (χ1v) is 7.32. The van der Waals surface area contributed by atoms with E-state index in [2.05, 4.69) is 19.1 Å². The highest BCUT2D eigenvalue weighted by molar-refractivity contribution is 5.71. The van der Waals surface area contributed by atoms with Gasteiger partial charge in [-0.15, -0.1) is 0 Å². The number of halogens is 2. The van der Waals surface area contributed by atoms with Crippen LogP contribution in [0.25, 0.3) is 22.3 Å². The third-order valence-corrected chi connectivity index (χ3v) is 3.82. The van der Waals surface area contributed by atoms with Gasteiger partial charge in [0.15, 0.2) is 0 Å². The number of hydrogen-bond acceptors (Lipinski definition) is 0. The van der Waals surface area contributed by atoms with Crippen molar-refractivity contribution in [1.29, 1.82) is 0 Å². The molecule has 3 rings (SSSR count). The second-order valence-electron chi connectivity index (χ2n) is 5.25. The molecule has 2 heteroatoms. The van der Waals surface area contributed by atoms with Crippen molar-refractivity contribution in [3.8, 4) is 22.3 Å². The van der Waals surface area contributed by atoms with Crippen LogP contribution >= 0.6 is 0 Å². The molecule has 0 aliphatic carbocycles. The van der Waals surface area contributed by atoms with E-state index in [0.29, 0.717) is 11.1 Å². The van der Waals surface area contributed by atoms with Crippen LogP contribution in [0.15, 0.2) is 66.7 Å². The molecule has 3 aromatic rings. The minimum absolute atomic E-state index is 0.302. The predicted molar refractivity (Wildman–Crippen MR) is 86.6 cm³/mol. The summed E-state index contributed by atoms with van der Waals surface area (Å²) in [6, 6.07) is 19.1. The summed E-state index contributed by atoms with van der Waals surface area (Å²) in [5.74, 6) is -0.625. The minimum atomic E-state index is -0.322. The van der Waals surface area contributed by atoms with Crippen LogP contribution in [0, 0.1) is 11.6 Å². The van der Waals surface area contributed by atoms with Crippen molar-refractivity contribution in [3.05, 3.63) is 83.9 Å². The summed E-state index contributed by atoms with van der Waals surface area (Å²) in [6.07, 6.45) is 0.984. The number of hydrogen-bond donors (Lipinski definition) is 0. The van der Waals surface area contributed by atoms with E-state index in [0.717, 1.165) is 17.5 Å². The SMILES string of the molecule is CCc1ccc(-c2ccc(-c3ccc(F)cc3)c(F)c2)cc1. The second kappa shape index (κ2) is 6.10. The maximum atomic E-state index is 14.4. The molecule has 0 aliphatic heterocycles. The molecule has 0 nitrogen and oxygen atoms in total. The monoisotopic (exact) mass is 294 g/mol. The Kier molecular flexibility index (Phi) is 4.01. The number of rotatable bonds is 3. The summed E-state index contributed by atoms with van der Waals surface area (Å²) >= 11 is 0. The van der Waals surface area contributed by atoms with E-state index >= 15 is 0 Å². The lowest BCUT2D eigenvalue weighted by Gasteiger charge is -2.08. The van der Waals surface area contributed by atoms with Gasteiger partial charge in [-0.05, 0) is 46.9 Å². The predicted octanol–water partition coefficient (Wildman–Crippen LogP) is 5.86. The molecule has 0 amide bonds. The van der Waals surface area contributed by atoms with Crippen molar-refractivity contribution in [1.82, 2.24) is 0 Å². The highest BCUT2D eigenvalue weighted by Gasteiger charge is 2.07. The highest BCUT2D eigenvalue weighted by Crippen LogP contribution is 2.28. The van der Waals surface area contributed by atoms with Crippen molar-refractivity contribution in [2.24, 2.45) is 0 Å². The molecular formula is C20H16F2. The molecule has 0 fully saturated rings. The highest BCUT2D eigenvalue weighted by atomic mass is 19.1. The van der Waals surface area contributed by atoms with Crippen LogP contribution in [0.3, 0.4) is 0 Å². The van der Waals surface area contributed by atoms with Crippen LogP contribution in [0.1, 0.15) is 12.5 Å². The largest absolute Gasteiger partial charge is 0.207 e. The summed E-state index contributed by atoms with van der Waals surface area (Å²) in [6.45, 7) is 2.10. The molecule has 22 heavy (non-hydrogen) atoms. The Bertz CT molecular complexity index is 772. The first-order chi connectivity index (χ1) is 10.7. The second-order valence-corrected chi connectivity index (χ2v) is 5.25. The van der Waals surface area contributed by atoms with Gasteiger partial charge in [0.25, 0.3) is 0 Å². The molecular weight excluding hydrogens is 278 g/mol.